The van der Waals surface area contributed by atoms with Crippen molar-refractivity contribution in [3.63, 3.8) is 0 Å². The molecule has 0 bridgehead atoms. The topological polar surface area (TPSA) is 73.6 Å². The Bertz CT molecular complexity index is 590. The molecule has 1 aliphatic heterocycles. The molecule has 0 aromatic carbocycles. The van der Waals surface area contributed by atoms with E-state index >= 15 is 0 Å². The van der Waals surface area contributed by atoms with Crippen LogP contribution in [0.15, 0.2) is 24.8 Å². The fraction of sp³-hybridized carbons (Fsp3) is 0.200. The number of imidazole rings is 1. The van der Waals surface area contributed by atoms with E-state index in [4.69, 9.17) is 0 Å². The van der Waals surface area contributed by atoms with Crippen molar-refractivity contribution in [2.24, 2.45) is 0 Å². The molecule has 1 fully saturated rings. The van der Waals surface area contributed by atoms with Crippen LogP contribution in [0.2, 0.25) is 0 Å². The fourth-order valence-corrected chi connectivity index (χ4v) is 1.82. The lowest BCUT2D eigenvalue weighted by Gasteiger charge is -2.03. The Morgan fingerprint density at radius 1 is 1.38 bits per heavy atom. The minimum Gasteiger partial charge on any atom is -0.393 e. The van der Waals surface area contributed by atoms with E-state index < -0.39 is 17.9 Å². The predicted octanol–water partition coefficient (Wildman–Crippen LogP) is 0.286. The van der Waals surface area contributed by atoms with Gasteiger partial charge in [0.2, 0.25) is 0 Å². The third kappa shape index (κ3) is 1.19. The molecule has 3 heterocycles. The van der Waals surface area contributed by atoms with Gasteiger partial charge in [-0.25, -0.2) is 4.98 Å². The Labute approximate surface area is 89.9 Å². The van der Waals surface area contributed by atoms with E-state index in [1.807, 2.05) is 0 Å². The summed E-state index contributed by atoms with van der Waals surface area (Å²) in [6.45, 7) is 0. The highest BCUT2D eigenvalue weighted by Crippen LogP contribution is 2.27. The van der Waals surface area contributed by atoms with E-state index in [1.165, 1.54) is 0 Å². The van der Waals surface area contributed by atoms with Crippen molar-refractivity contribution in [1.29, 1.82) is 0 Å². The maximum absolute atomic E-state index is 11.4. The zero-order valence-corrected chi connectivity index (χ0v) is 8.16. The minimum atomic E-state index is -0.551. The second-order valence-electron chi connectivity index (χ2n) is 3.54. The minimum absolute atomic E-state index is 0.0783. The summed E-state index contributed by atoms with van der Waals surface area (Å²) in [5.41, 5.74) is 1.30. The molecular weight excluding hydrogens is 210 g/mol. The lowest BCUT2D eigenvalue weighted by atomic mass is 10.1. The number of aromatic nitrogens is 3. The second-order valence-corrected chi connectivity index (χ2v) is 3.54. The van der Waals surface area contributed by atoms with Crippen LogP contribution in [-0.2, 0) is 14.3 Å². The van der Waals surface area contributed by atoms with Crippen LogP contribution in [0.5, 0.6) is 0 Å². The van der Waals surface area contributed by atoms with Crippen LogP contribution in [-0.4, -0.2) is 26.3 Å². The van der Waals surface area contributed by atoms with Crippen molar-refractivity contribution in [2.45, 2.75) is 12.3 Å². The highest BCUT2D eigenvalue weighted by Gasteiger charge is 2.36. The zero-order valence-electron chi connectivity index (χ0n) is 8.16. The van der Waals surface area contributed by atoms with Crippen LogP contribution >= 0.6 is 0 Å². The van der Waals surface area contributed by atoms with Gasteiger partial charge in [-0.2, -0.15) is 0 Å². The molecule has 0 aliphatic carbocycles. The fourth-order valence-electron chi connectivity index (χ4n) is 1.82. The quantitative estimate of drug-likeness (QED) is 0.507. The van der Waals surface area contributed by atoms with E-state index in [0.717, 1.165) is 0 Å². The van der Waals surface area contributed by atoms with Gasteiger partial charge < -0.3 is 9.14 Å². The van der Waals surface area contributed by atoms with Gasteiger partial charge >= 0.3 is 11.9 Å². The summed E-state index contributed by atoms with van der Waals surface area (Å²) in [7, 11) is 0. The molecule has 0 saturated carbocycles. The number of nitrogens with zero attached hydrogens (tertiary/aromatic N) is 3. The summed E-state index contributed by atoms with van der Waals surface area (Å²) in [5, 5.41) is 0. The van der Waals surface area contributed by atoms with Crippen molar-refractivity contribution in [3.8, 4) is 0 Å². The van der Waals surface area contributed by atoms with Crippen molar-refractivity contribution < 1.29 is 14.3 Å². The maximum atomic E-state index is 11.4. The summed E-state index contributed by atoms with van der Waals surface area (Å²) < 4.78 is 6.25. The molecule has 80 valence electrons. The van der Waals surface area contributed by atoms with Crippen LogP contribution in [0.25, 0.3) is 5.65 Å². The zero-order chi connectivity index (χ0) is 11.1. The molecule has 0 N–H and O–H groups in total. The molecule has 6 nitrogen and oxygen atoms in total. The largest absolute Gasteiger partial charge is 0.393 e. The molecule has 0 spiro atoms. The average molecular weight is 217 g/mol. The molecule has 6 heteroatoms. The van der Waals surface area contributed by atoms with Gasteiger partial charge in [0.25, 0.3) is 0 Å². The standard InChI is InChI=1S/C10H7N3O3/c14-9-3-6(10(15)16-9)7-4-12-8-5-11-1-2-13(7)8/h1-2,4-6H,3H2. The molecule has 0 radical (unpaired) electrons. The monoisotopic (exact) mass is 217 g/mol. The van der Waals surface area contributed by atoms with Crippen LogP contribution in [0.3, 0.4) is 0 Å². The first-order valence-corrected chi connectivity index (χ1v) is 4.77. The van der Waals surface area contributed by atoms with Gasteiger partial charge in [-0.05, 0) is 0 Å². The molecule has 0 amide bonds. The van der Waals surface area contributed by atoms with Gasteiger partial charge in [0.05, 0.1) is 24.5 Å². The van der Waals surface area contributed by atoms with Crippen LogP contribution in [0, 0.1) is 0 Å². The van der Waals surface area contributed by atoms with Crippen LogP contribution in [0.4, 0.5) is 0 Å². The smallest absolute Gasteiger partial charge is 0.323 e. The molecule has 1 aliphatic rings. The van der Waals surface area contributed by atoms with Crippen LogP contribution < -0.4 is 0 Å². The Balaban J connectivity index is 2.13. The van der Waals surface area contributed by atoms with Gasteiger partial charge in [0, 0.05) is 12.4 Å². The van der Waals surface area contributed by atoms with Gasteiger partial charge in [-0.1, -0.05) is 0 Å². The Morgan fingerprint density at radius 3 is 3.00 bits per heavy atom. The first-order chi connectivity index (χ1) is 7.75. The van der Waals surface area contributed by atoms with Crippen molar-refractivity contribution in [3.05, 3.63) is 30.5 Å². The van der Waals surface area contributed by atoms with E-state index in [1.54, 1.807) is 29.2 Å². The number of rotatable bonds is 1. The second kappa shape index (κ2) is 3.13. The summed E-state index contributed by atoms with van der Waals surface area (Å²) in [5.74, 6) is -1.55. The van der Waals surface area contributed by atoms with E-state index in [2.05, 4.69) is 14.7 Å². The number of ether oxygens (including phenoxy) is 1. The van der Waals surface area contributed by atoms with E-state index in [-0.39, 0.29) is 6.42 Å². The van der Waals surface area contributed by atoms with Gasteiger partial charge in [0.1, 0.15) is 5.92 Å². The number of carbonyl (C=O) groups excluding carboxylic acids is 2. The number of hydrogen-bond acceptors (Lipinski definition) is 5. The predicted molar refractivity (Wildman–Crippen MR) is 51.4 cm³/mol. The number of esters is 2. The number of hydrogen-bond donors (Lipinski definition) is 0. The molecule has 16 heavy (non-hydrogen) atoms. The van der Waals surface area contributed by atoms with E-state index in [9.17, 15) is 9.59 Å². The molecule has 1 saturated heterocycles. The van der Waals surface area contributed by atoms with E-state index in [0.29, 0.717) is 11.3 Å². The van der Waals surface area contributed by atoms with Crippen molar-refractivity contribution in [1.82, 2.24) is 14.4 Å². The number of fused-ring (bicyclic) bond motifs is 1. The molecular formula is C10H7N3O3. The lowest BCUT2D eigenvalue weighted by molar-refractivity contribution is -0.152. The summed E-state index contributed by atoms with van der Waals surface area (Å²) in [4.78, 5) is 30.5. The third-order valence-corrected chi connectivity index (χ3v) is 2.57. The Morgan fingerprint density at radius 2 is 2.25 bits per heavy atom. The van der Waals surface area contributed by atoms with Gasteiger partial charge in [-0.3, -0.25) is 14.6 Å². The number of carbonyl (C=O) groups is 2. The normalized spacial score (nSPS) is 20.4. The first kappa shape index (κ1) is 9.02. The molecule has 2 aromatic rings. The van der Waals surface area contributed by atoms with Crippen LogP contribution in [0.1, 0.15) is 18.0 Å². The molecule has 3 rings (SSSR count). The molecule has 2 aromatic heterocycles. The highest BCUT2D eigenvalue weighted by molar-refractivity contribution is 5.97. The Kier molecular flexibility index (Phi) is 1.76. The molecule has 1 unspecified atom stereocenters. The SMILES string of the molecule is O=C1CC(c2cnc3cnccn23)C(=O)O1. The summed E-state index contributed by atoms with van der Waals surface area (Å²) in [6.07, 6.45) is 6.54. The average Bonchev–Trinajstić information content (AvgIpc) is 2.81. The lowest BCUT2D eigenvalue weighted by Crippen LogP contribution is -2.08. The third-order valence-electron chi connectivity index (χ3n) is 2.57. The maximum Gasteiger partial charge on any atom is 0.323 e. The van der Waals surface area contributed by atoms with Crippen molar-refractivity contribution >= 4 is 17.6 Å². The highest BCUT2D eigenvalue weighted by atomic mass is 16.6. The first-order valence-electron chi connectivity index (χ1n) is 4.77. The molecule has 1 atom stereocenters. The summed E-state index contributed by atoms with van der Waals surface area (Å²) in [6, 6.07) is 0. The van der Waals surface area contributed by atoms with Gasteiger partial charge in [-0.15, -0.1) is 0 Å². The summed E-state index contributed by atoms with van der Waals surface area (Å²) >= 11 is 0. The Hall–Kier alpha value is -2.24. The van der Waals surface area contributed by atoms with Gasteiger partial charge in [0.15, 0.2) is 5.65 Å². The van der Waals surface area contributed by atoms with Crippen molar-refractivity contribution in [2.75, 3.05) is 0 Å². The number of cyclic esters (lactones) is 2.